The standard InChI is InChI=1S/C25H39NO5/c1-6-23(4)18-25(29-14-15-30-25)19(3)24(5,7-2)26(23)31-13-12-20-8-10-21(11-9-20)27-16-22-17-28-22/h8-11,19,22H,6-7,12-18H2,1-5H3. The van der Waals surface area contributed by atoms with Crippen molar-refractivity contribution in [2.24, 2.45) is 5.92 Å². The number of hydroxylamine groups is 2. The monoisotopic (exact) mass is 433 g/mol. The molecule has 0 aliphatic carbocycles. The Balaban J connectivity index is 1.40. The molecule has 174 valence electrons. The molecule has 31 heavy (non-hydrogen) atoms. The fourth-order valence-corrected chi connectivity index (χ4v) is 5.23. The smallest absolute Gasteiger partial charge is 0.174 e. The first kappa shape index (κ1) is 23.0. The molecule has 3 heterocycles. The molecule has 6 nitrogen and oxygen atoms in total. The van der Waals surface area contributed by atoms with Crippen LogP contribution in [0.4, 0.5) is 0 Å². The lowest BCUT2D eigenvalue weighted by Gasteiger charge is -2.61. The Morgan fingerprint density at radius 3 is 2.32 bits per heavy atom. The van der Waals surface area contributed by atoms with Gasteiger partial charge >= 0.3 is 0 Å². The Morgan fingerprint density at radius 2 is 1.74 bits per heavy atom. The number of hydrogen-bond donors (Lipinski definition) is 0. The van der Waals surface area contributed by atoms with Crippen LogP contribution < -0.4 is 4.74 Å². The molecule has 1 aromatic carbocycles. The number of epoxide rings is 1. The van der Waals surface area contributed by atoms with Gasteiger partial charge < -0.3 is 18.9 Å². The van der Waals surface area contributed by atoms with Crippen LogP contribution in [0.1, 0.15) is 59.4 Å². The first-order chi connectivity index (χ1) is 14.9. The van der Waals surface area contributed by atoms with Crippen molar-refractivity contribution in [1.29, 1.82) is 0 Å². The average molecular weight is 434 g/mol. The molecule has 6 heteroatoms. The molecule has 3 aliphatic heterocycles. The van der Waals surface area contributed by atoms with E-state index in [1.807, 2.05) is 12.1 Å². The second-order valence-electron chi connectivity index (χ2n) is 9.76. The average Bonchev–Trinajstić information content (AvgIpc) is 3.51. The third-order valence-electron chi connectivity index (χ3n) is 7.80. The highest BCUT2D eigenvalue weighted by Crippen LogP contribution is 2.53. The predicted octanol–water partition coefficient (Wildman–Crippen LogP) is 4.36. The summed E-state index contributed by atoms with van der Waals surface area (Å²) in [6.45, 7) is 14.8. The van der Waals surface area contributed by atoms with E-state index in [4.69, 9.17) is 23.8 Å². The third kappa shape index (κ3) is 4.51. The van der Waals surface area contributed by atoms with E-state index in [1.165, 1.54) is 5.56 Å². The Labute approximate surface area is 187 Å². The summed E-state index contributed by atoms with van der Waals surface area (Å²) < 4.78 is 23.4. The maximum absolute atomic E-state index is 6.56. The van der Waals surface area contributed by atoms with Crippen molar-refractivity contribution >= 4 is 0 Å². The highest BCUT2D eigenvalue weighted by atomic mass is 16.7. The topological polar surface area (TPSA) is 52.7 Å². The number of piperidine rings is 1. The lowest BCUT2D eigenvalue weighted by molar-refractivity contribution is -0.365. The zero-order valence-corrected chi connectivity index (χ0v) is 19.8. The molecule has 0 aromatic heterocycles. The van der Waals surface area contributed by atoms with Gasteiger partial charge in [-0.25, -0.2) is 0 Å². The van der Waals surface area contributed by atoms with Crippen molar-refractivity contribution in [2.45, 2.75) is 83.3 Å². The molecular weight excluding hydrogens is 394 g/mol. The van der Waals surface area contributed by atoms with Crippen molar-refractivity contribution < 1.29 is 23.8 Å². The van der Waals surface area contributed by atoms with E-state index in [-0.39, 0.29) is 23.1 Å². The van der Waals surface area contributed by atoms with Crippen LogP contribution in [-0.4, -0.2) is 61.1 Å². The normalized spacial score (nSPS) is 34.9. The summed E-state index contributed by atoms with van der Waals surface area (Å²) in [6, 6.07) is 8.31. The zero-order valence-electron chi connectivity index (χ0n) is 19.8. The van der Waals surface area contributed by atoms with Crippen LogP contribution in [0.3, 0.4) is 0 Å². The van der Waals surface area contributed by atoms with E-state index in [0.29, 0.717) is 26.4 Å². The summed E-state index contributed by atoms with van der Waals surface area (Å²) in [6.07, 6.45) is 3.90. The molecule has 1 aromatic rings. The Bertz CT molecular complexity index is 730. The number of ether oxygens (including phenoxy) is 4. The molecule has 0 amide bonds. The molecule has 0 bridgehead atoms. The van der Waals surface area contributed by atoms with Gasteiger partial charge in [0.05, 0.1) is 32.0 Å². The highest BCUT2D eigenvalue weighted by Gasteiger charge is 2.62. The maximum atomic E-state index is 6.56. The van der Waals surface area contributed by atoms with E-state index in [0.717, 1.165) is 38.0 Å². The van der Waals surface area contributed by atoms with Crippen molar-refractivity contribution in [1.82, 2.24) is 5.06 Å². The number of rotatable bonds is 9. The maximum Gasteiger partial charge on any atom is 0.174 e. The van der Waals surface area contributed by atoms with Gasteiger partial charge in [0.15, 0.2) is 5.79 Å². The van der Waals surface area contributed by atoms with E-state index >= 15 is 0 Å². The summed E-state index contributed by atoms with van der Waals surface area (Å²) in [5, 5.41) is 2.29. The fraction of sp³-hybridized carbons (Fsp3) is 0.760. The Morgan fingerprint density at radius 1 is 1.06 bits per heavy atom. The van der Waals surface area contributed by atoms with Crippen molar-refractivity contribution in [2.75, 3.05) is 33.0 Å². The van der Waals surface area contributed by atoms with Crippen LogP contribution in [0.5, 0.6) is 5.75 Å². The van der Waals surface area contributed by atoms with Crippen molar-refractivity contribution in [3.8, 4) is 5.75 Å². The van der Waals surface area contributed by atoms with Crippen LogP contribution in [-0.2, 0) is 25.5 Å². The van der Waals surface area contributed by atoms with Crippen LogP contribution in [0, 0.1) is 5.92 Å². The summed E-state index contributed by atoms with van der Waals surface area (Å²) in [5.74, 6) is 0.597. The van der Waals surface area contributed by atoms with Crippen molar-refractivity contribution in [3.63, 3.8) is 0 Å². The Kier molecular flexibility index (Phi) is 6.67. The quantitative estimate of drug-likeness (QED) is 0.540. The first-order valence-electron chi connectivity index (χ1n) is 11.9. The van der Waals surface area contributed by atoms with Gasteiger partial charge in [-0.05, 0) is 50.8 Å². The van der Waals surface area contributed by atoms with Gasteiger partial charge in [0.1, 0.15) is 18.5 Å². The molecule has 3 fully saturated rings. The molecule has 3 aliphatic rings. The first-order valence-corrected chi connectivity index (χ1v) is 11.9. The van der Waals surface area contributed by atoms with Gasteiger partial charge in [-0.3, -0.25) is 4.84 Å². The van der Waals surface area contributed by atoms with Gasteiger partial charge in [0, 0.05) is 17.9 Å². The van der Waals surface area contributed by atoms with Gasteiger partial charge in [0.2, 0.25) is 0 Å². The van der Waals surface area contributed by atoms with Gasteiger partial charge in [-0.15, -0.1) is 0 Å². The lowest BCUT2D eigenvalue weighted by Crippen LogP contribution is -2.71. The molecule has 0 N–H and O–H groups in total. The molecule has 3 saturated heterocycles. The van der Waals surface area contributed by atoms with Crippen LogP contribution in [0.15, 0.2) is 24.3 Å². The van der Waals surface area contributed by atoms with E-state index in [2.05, 4.69) is 51.8 Å². The number of hydrogen-bond acceptors (Lipinski definition) is 6. The summed E-state index contributed by atoms with van der Waals surface area (Å²) >= 11 is 0. The fourth-order valence-electron chi connectivity index (χ4n) is 5.23. The molecule has 1 spiro atoms. The summed E-state index contributed by atoms with van der Waals surface area (Å²) in [4.78, 5) is 6.56. The minimum Gasteiger partial charge on any atom is -0.491 e. The molecule has 4 unspecified atom stereocenters. The van der Waals surface area contributed by atoms with E-state index in [1.54, 1.807) is 0 Å². The van der Waals surface area contributed by atoms with Crippen LogP contribution >= 0.6 is 0 Å². The molecule has 0 saturated carbocycles. The zero-order chi connectivity index (χ0) is 22.1. The van der Waals surface area contributed by atoms with E-state index in [9.17, 15) is 0 Å². The van der Waals surface area contributed by atoms with Crippen molar-refractivity contribution in [3.05, 3.63) is 29.8 Å². The van der Waals surface area contributed by atoms with Gasteiger partial charge in [0.25, 0.3) is 0 Å². The molecule has 4 rings (SSSR count). The lowest BCUT2D eigenvalue weighted by atomic mass is 9.67. The van der Waals surface area contributed by atoms with E-state index < -0.39 is 5.79 Å². The largest absolute Gasteiger partial charge is 0.491 e. The second kappa shape index (κ2) is 8.99. The van der Waals surface area contributed by atoms with Crippen LogP contribution in [0.2, 0.25) is 0 Å². The van der Waals surface area contributed by atoms with Crippen LogP contribution in [0.25, 0.3) is 0 Å². The SMILES string of the molecule is CCC1(C)CC2(OCCO2)C(C)C(C)(CC)N1OCCc1ccc(OCC2CO2)cc1. The molecule has 4 atom stereocenters. The highest BCUT2D eigenvalue weighted by molar-refractivity contribution is 5.27. The second-order valence-corrected chi connectivity index (χ2v) is 9.76. The Hall–Kier alpha value is -1.18. The summed E-state index contributed by atoms with van der Waals surface area (Å²) in [5.41, 5.74) is 0.926. The van der Waals surface area contributed by atoms with Gasteiger partial charge in [-0.2, -0.15) is 5.06 Å². The minimum absolute atomic E-state index is 0.149. The molecule has 0 radical (unpaired) electrons. The van der Waals surface area contributed by atoms with Gasteiger partial charge in [-0.1, -0.05) is 32.9 Å². The third-order valence-corrected chi connectivity index (χ3v) is 7.80. The molecular formula is C25H39NO5. The summed E-state index contributed by atoms with van der Waals surface area (Å²) in [7, 11) is 0. The minimum atomic E-state index is -0.503. The predicted molar refractivity (Wildman–Crippen MR) is 119 cm³/mol. The number of nitrogens with zero attached hydrogens (tertiary/aromatic N) is 1. The number of benzene rings is 1.